The summed E-state index contributed by atoms with van der Waals surface area (Å²) in [5.41, 5.74) is 0.117. The van der Waals surface area contributed by atoms with Gasteiger partial charge in [0.05, 0.1) is 6.04 Å². The molecular formula is C15H28N2O3S. The van der Waals surface area contributed by atoms with Crippen LogP contribution in [0.2, 0.25) is 0 Å². The van der Waals surface area contributed by atoms with Crippen molar-refractivity contribution in [3.8, 4) is 0 Å². The highest BCUT2D eigenvalue weighted by molar-refractivity contribution is 7.90. The van der Waals surface area contributed by atoms with Crippen LogP contribution in [-0.4, -0.2) is 44.5 Å². The molecule has 1 unspecified atom stereocenters. The molecule has 122 valence electrons. The lowest BCUT2D eigenvalue weighted by molar-refractivity contribution is 0.0792. The van der Waals surface area contributed by atoms with Gasteiger partial charge >= 0.3 is 6.09 Å². The van der Waals surface area contributed by atoms with Gasteiger partial charge in [-0.3, -0.25) is 0 Å². The third-order valence-electron chi connectivity index (χ3n) is 4.97. The molecule has 0 aromatic carbocycles. The first-order valence-electron chi connectivity index (χ1n) is 7.80. The molecule has 0 bridgehead atoms. The highest BCUT2D eigenvalue weighted by Gasteiger charge is 2.50. The van der Waals surface area contributed by atoms with Gasteiger partial charge in [0.1, 0.15) is 4.75 Å². The lowest BCUT2D eigenvalue weighted by Gasteiger charge is -2.43. The van der Waals surface area contributed by atoms with E-state index in [2.05, 4.69) is 11.6 Å². The molecule has 0 aromatic heterocycles. The third-order valence-corrected chi connectivity index (χ3v) is 6.58. The van der Waals surface area contributed by atoms with Gasteiger partial charge < -0.3 is 14.6 Å². The molecule has 1 heterocycles. The monoisotopic (exact) mass is 316 g/mol. The van der Waals surface area contributed by atoms with E-state index >= 15 is 0 Å². The van der Waals surface area contributed by atoms with E-state index in [1.807, 2.05) is 20.8 Å². The standard InChI is InChI=1S/C15H28N2O3S/c1-11-9-12(16-21(20)14(2,3)4)15(10-11)5-7-17(8-6-15)13(18)19/h11-12,16H,5-10H2,1-4H3,(H,18,19)/t11-,12+,21?/m0/s1. The molecular weight excluding hydrogens is 288 g/mol. The Bertz CT molecular complexity index is 389. The zero-order chi connectivity index (χ0) is 15.8. The van der Waals surface area contributed by atoms with Crippen LogP contribution in [0.5, 0.6) is 0 Å². The van der Waals surface area contributed by atoms with Crippen molar-refractivity contribution in [2.75, 3.05) is 13.1 Å². The fourth-order valence-corrected chi connectivity index (χ4v) is 4.71. The number of nitrogens with zero attached hydrogens (tertiary/aromatic N) is 1. The second kappa shape index (κ2) is 5.97. The zero-order valence-electron chi connectivity index (χ0n) is 13.5. The summed E-state index contributed by atoms with van der Waals surface area (Å²) >= 11 is -1.07. The van der Waals surface area contributed by atoms with Gasteiger partial charge in [0, 0.05) is 24.5 Å². The van der Waals surface area contributed by atoms with Gasteiger partial charge in [-0.05, 0) is 57.8 Å². The predicted molar refractivity (Wildman–Crippen MR) is 84.5 cm³/mol. The molecule has 21 heavy (non-hydrogen) atoms. The van der Waals surface area contributed by atoms with E-state index in [-0.39, 0.29) is 16.2 Å². The maximum Gasteiger partial charge on any atom is 0.407 e. The lowest BCUT2D eigenvalue weighted by Crippen LogP contribution is -2.53. The highest BCUT2D eigenvalue weighted by atomic mass is 32.2. The van der Waals surface area contributed by atoms with Crippen LogP contribution in [0.3, 0.4) is 0 Å². The summed E-state index contributed by atoms with van der Waals surface area (Å²) in [5, 5.41) is 9.10. The SMILES string of the molecule is C[C@H]1C[C@@H](N[S+]([O-])C(C)(C)C)C2(CCN(C(=O)O)CC2)C1. The zero-order valence-corrected chi connectivity index (χ0v) is 14.3. The first-order valence-corrected chi connectivity index (χ1v) is 8.95. The lowest BCUT2D eigenvalue weighted by atomic mass is 9.74. The molecule has 1 saturated heterocycles. The summed E-state index contributed by atoms with van der Waals surface area (Å²) in [4.78, 5) is 12.6. The molecule has 1 aliphatic heterocycles. The number of nitrogens with one attached hydrogen (secondary N) is 1. The van der Waals surface area contributed by atoms with Crippen molar-refractivity contribution in [3.05, 3.63) is 0 Å². The summed E-state index contributed by atoms with van der Waals surface area (Å²) < 4.78 is 15.5. The molecule has 5 nitrogen and oxygen atoms in total. The van der Waals surface area contributed by atoms with Crippen molar-refractivity contribution in [2.24, 2.45) is 11.3 Å². The van der Waals surface area contributed by atoms with Gasteiger partial charge in [0.25, 0.3) is 0 Å². The van der Waals surface area contributed by atoms with Crippen LogP contribution in [0.25, 0.3) is 0 Å². The predicted octanol–water partition coefficient (Wildman–Crippen LogP) is 2.60. The number of amides is 1. The quantitative estimate of drug-likeness (QED) is 0.768. The van der Waals surface area contributed by atoms with Crippen LogP contribution in [0.15, 0.2) is 0 Å². The van der Waals surface area contributed by atoms with Gasteiger partial charge in [-0.2, -0.15) is 0 Å². The van der Waals surface area contributed by atoms with Gasteiger partial charge in [-0.1, -0.05) is 6.92 Å². The number of hydrogen-bond donors (Lipinski definition) is 2. The van der Waals surface area contributed by atoms with Crippen molar-refractivity contribution in [2.45, 2.75) is 64.2 Å². The Morgan fingerprint density at radius 1 is 1.38 bits per heavy atom. The van der Waals surface area contributed by atoms with Crippen molar-refractivity contribution >= 4 is 17.5 Å². The molecule has 3 atom stereocenters. The van der Waals surface area contributed by atoms with Gasteiger partial charge in [0.15, 0.2) is 0 Å². The summed E-state index contributed by atoms with van der Waals surface area (Å²) in [6, 6.07) is 0.239. The molecule has 2 N–H and O–H groups in total. The van der Waals surface area contributed by atoms with Crippen molar-refractivity contribution in [3.63, 3.8) is 0 Å². The van der Waals surface area contributed by atoms with E-state index in [1.165, 1.54) is 4.90 Å². The number of carbonyl (C=O) groups is 1. The van der Waals surface area contributed by atoms with E-state index in [4.69, 9.17) is 5.11 Å². The van der Waals surface area contributed by atoms with Crippen molar-refractivity contribution in [1.29, 1.82) is 0 Å². The Morgan fingerprint density at radius 2 is 1.95 bits per heavy atom. The van der Waals surface area contributed by atoms with E-state index < -0.39 is 17.5 Å². The van der Waals surface area contributed by atoms with Crippen LogP contribution >= 0.6 is 0 Å². The second-order valence-electron chi connectivity index (χ2n) is 7.73. The molecule has 1 aliphatic carbocycles. The van der Waals surface area contributed by atoms with Gasteiger partial charge in [-0.15, -0.1) is 4.72 Å². The van der Waals surface area contributed by atoms with Crippen LogP contribution in [0.4, 0.5) is 4.79 Å². The summed E-state index contributed by atoms with van der Waals surface area (Å²) in [5.74, 6) is 0.607. The minimum absolute atomic E-state index is 0.117. The normalized spacial score (nSPS) is 30.6. The Kier molecular flexibility index (Phi) is 4.81. The van der Waals surface area contributed by atoms with Crippen LogP contribution in [0.1, 0.15) is 53.4 Å². The van der Waals surface area contributed by atoms with Crippen LogP contribution < -0.4 is 4.72 Å². The minimum Gasteiger partial charge on any atom is -0.598 e. The number of carboxylic acid groups (broad SMARTS) is 1. The molecule has 2 fully saturated rings. The smallest absolute Gasteiger partial charge is 0.407 e. The van der Waals surface area contributed by atoms with E-state index in [9.17, 15) is 9.35 Å². The van der Waals surface area contributed by atoms with E-state index in [0.29, 0.717) is 19.0 Å². The van der Waals surface area contributed by atoms with Crippen molar-refractivity contribution in [1.82, 2.24) is 9.62 Å². The highest BCUT2D eigenvalue weighted by Crippen LogP contribution is 2.49. The molecule has 1 amide bonds. The van der Waals surface area contributed by atoms with E-state index in [1.54, 1.807) is 0 Å². The number of piperidine rings is 1. The van der Waals surface area contributed by atoms with Crippen molar-refractivity contribution < 1.29 is 14.5 Å². The first kappa shape index (κ1) is 16.9. The Hall–Kier alpha value is -0.460. The summed E-state index contributed by atoms with van der Waals surface area (Å²) in [6.45, 7) is 9.38. The molecule has 2 aliphatic rings. The number of hydrogen-bond acceptors (Lipinski definition) is 3. The fraction of sp³-hybridized carbons (Fsp3) is 0.933. The Balaban J connectivity index is 2.05. The number of likely N-dealkylation sites (tertiary alicyclic amines) is 1. The van der Waals surface area contributed by atoms with Crippen LogP contribution in [-0.2, 0) is 11.4 Å². The molecule has 1 saturated carbocycles. The Labute approximate surface area is 130 Å². The molecule has 2 rings (SSSR count). The average Bonchev–Trinajstić information content (AvgIpc) is 2.64. The summed E-state index contributed by atoms with van der Waals surface area (Å²) in [6.07, 6.45) is 3.08. The summed E-state index contributed by atoms with van der Waals surface area (Å²) in [7, 11) is 0. The molecule has 1 spiro atoms. The fourth-order valence-electron chi connectivity index (χ4n) is 3.75. The number of rotatable bonds is 2. The molecule has 6 heteroatoms. The second-order valence-corrected chi connectivity index (χ2v) is 9.73. The molecule has 0 radical (unpaired) electrons. The first-order chi connectivity index (χ1) is 9.64. The minimum atomic E-state index is -1.07. The maximum atomic E-state index is 12.4. The van der Waals surface area contributed by atoms with Crippen LogP contribution in [0, 0.1) is 11.3 Å². The maximum absolute atomic E-state index is 12.4. The van der Waals surface area contributed by atoms with E-state index in [0.717, 1.165) is 25.7 Å². The average molecular weight is 316 g/mol. The molecule has 0 aromatic rings. The third kappa shape index (κ3) is 3.66. The van der Waals surface area contributed by atoms with Gasteiger partial charge in [-0.25, -0.2) is 4.79 Å². The Morgan fingerprint density at radius 3 is 2.43 bits per heavy atom. The topological polar surface area (TPSA) is 75.6 Å². The van der Waals surface area contributed by atoms with Gasteiger partial charge in [0.2, 0.25) is 0 Å². The largest absolute Gasteiger partial charge is 0.598 e.